The molecule has 2 rings (SSSR count). The maximum Gasteiger partial charge on any atom is 0.0529 e. The Morgan fingerprint density at radius 3 is 1.21 bits per heavy atom. The van der Waals surface area contributed by atoms with Crippen LogP contribution in [0.3, 0.4) is 0 Å². The van der Waals surface area contributed by atoms with E-state index < -0.39 is 0 Å². The SMILES string of the molecule is CC1=CC(C)([SiH2]C2(C)C=C(C)C(C)=C2C)C(C)=C1C. The first-order chi connectivity index (χ1) is 8.61. The fourth-order valence-electron chi connectivity index (χ4n) is 3.97. The molecule has 0 bridgehead atoms. The predicted octanol–water partition coefficient (Wildman–Crippen LogP) is 5.11. The molecule has 0 heterocycles. The van der Waals surface area contributed by atoms with Gasteiger partial charge in [0.2, 0.25) is 0 Å². The normalized spacial score (nSPS) is 35.8. The lowest BCUT2D eigenvalue weighted by molar-refractivity contribution is 0.801. The number of allylic oxidation sites excluding steroid dienone is 8. The van der Waals surface area contributed by atoms with E-state index in [1.54, 1.807) is 11.1 Å². The van der Waals surface area contributed by atoms with Gasteiger partial charge in [-0.1, -0.05) is 48.3 Å². The van der Waals surface area contributed by atoms with Gasteiger partial charge in [-0.05, 0) is 62.8 Å². The van der Waals surface area contributed by atoms with E-state index in [1.807, 2.05) is 0 Å². The van der Waals surface area contributed by atoms with Crippen molar-refractivity contribution in [2.24, 2.45) is 0 Å². The summed E-state index contributed by atoms with van der Waals surface area (Å²) in [5.74, 6) is 0. The maximum atomic E-state index is 2.54. The van der Waals surface area contributed by atoms with Gasteiger partial charge in [0.05, 0.1) is 9.52 Å². The van der Waals surface area contributed by atoms with Crippen LogP contribution in [-0.4, -0.2) is 9.52 Å². The van der Waals surface area contributed by atoms with Gasteiger partial charge in [0, 0.05) is 0 Å². The quantitative estimate of drug-likeness (QED) is 0.613. The van der Waals surface area contributed by atoms with Gasteiger partial charge in [-0.3, -0.25) is 0 Å². The molecule has 0 nitrogen and oxygen atoms in total. The van der Waals surface area contributed by atoms with Crippen molar-refractivity contribution in [3.63, 3.8) is 0 Å². The molecule has 0 amide bonds. The van der Waals surface area contributed by atoms with E-state index in [0.717, 1.165) is 0 Å². The number of hydrogen-bond donors (Lipinski definition) is 0. The molecule has 2 aliphatic rings. The monoisotopic (exact) mass is 272 g/mol. The molecule has 0 fully saturated rings. The molecule has 104 valence electrons. The van der Waals surface area contributed by atoms with Gasteiger partial charge in [0.25, 0.3) is 0 Å². The van der Waals surface area contributed by atoms with Crippen LogP contribution in [0.15, 0.2) is 45.6 Å². The molecular weight excluding hydrogens is 244 g/mol. The minimum atomic E-state index is -0.319. The summed E-state index contributed by atoms with van der Waals surface area (Å²) in [6.07, 6.45) is 5.08. The molecule has 2 aliphatic carbocycles. The third kappa shape index (κ3) is 2.12. The topological polar surface area (TPSA) is 0 Å². The van der Waals surface area contributed by atoms with E-state index in [-0.39, 0.29) is 9.52 Å². The van der Waals surface area contributed by atoms with Crippen LogP contribution in [0.1, 0.15) is 55.4 Å². The minimum absolute atomic E-state index is 0.319. The molecule has 0 N–H and O–H groups in total. The van der Waals surface area contributed by atoms with Gasteiger partial charge in [-0.15, -0.1) is 0 Å². The zero-order valence-corrected chi connectivity index (χ0v) is 15.3. The molecule has 0 saturated carbocycles. The average Bonchev–Trinajstić information content (AvgIpc) is 2.61. The lowest BCUT2D eigenvalue weighted by Crippen LogP contribution is -2.26. The highest BCUT2D eigenvalue weighted by Gasteiger charge is 2.41. The second-order valence-electron chi connectivity index (χ2n) is 7.17. The molecule has 0 aromatic rings. The zero-order chi connectivity index (χ0) is 14.6. The summed E-state index contributed by atoms with van der Waals surface area (Å²) < 4.78 is 0. The Bertz CT molecular complexity index is 506. The maximum absolute atomic E-state index is 2.54. The molecule has 0 aliphatic heterocycles. The summed E-state index contributed by atoms with van der Waals surface area (Å²) >= 11 is 0. The Morgan fingerprint density at radius 2 is 1.00 bits per heavy atom. The van der Waals surface area contributed by atoms with E-state index in [9.17, 15) is 0 Å². The molecule has 2 atom stereocenters. The van der Waals surface area contributed by atoms with Crippen LogP contribution in [0.5, 0.6) is 0 Å². The van der Waals surface area contributed by atoms with Crippen molar-refractivity contribution >= 4 is 9.52 Å². The largest absolute Gasteiger partial charge is 0.0747 e. The Hall–Kier alpha value is -0.823. The van der Waals surface area contributed by atoms with Crippen LogP contribution in [0, 0.1) is 0 Å². The van der Waals surface area contributed by atoms with E-state index in [0.29, 0.717) is 10.1 Å². The Morgan fingerprint density at radius 1 is 0.684 bits per heavy atom. The van der Waals surface area contributed by atoms with Crippen LogP contribution in [0.25, 0.3) is 0 Å². The van der Waals surface area contributed by atoms with Gasteiger partial charge in [0.1, 0.15) is 0 Å². The number of hydrogen-bond acceptors (Lipinski definition) is 0. The van der Waals surface area contributed by atoms with Crippen molar-refractivity contribution < 1.29 is 0 Å². The second-order valence-corrected chi connectivity index (χ2v) is 10.5. The summed E-state index contributed by atoms with van der Waals surface area (Å²) in [6.45, 7) is 18.7. The molecule has 0 radical (unpaired) electrons. The fraction of sp³-hybridized carbons (Fsp3) is 0.556. The van der Waals surface area contributed by atoms with Crippen LogP contribution in [-0.2, 0) is 0 Å². The molecule has 0 aromatic carbocycles. The van der Waals surface area contributed by atoms with Crippen molar-refractivity contribution in [3.05, 3.63) is 45.6 Å². The Labute approximate surface area is 121 Å². The summed E-state index contributed by atoms with van der Waals surface area (Å²) in [6, 6.07) is 0. The molecule has 0 spiro atoms. The van der Waals surface area contributed by atoms with Crippen molar-refractivity contribution in [1.29, 1.82) is 0 Å². The highest BCUT2D eigenvalue weighted by Crippen LogP contribution is 2.55. The molecular formula is C18H28Si. The first-order valence-corrected chi connectivity index (χ1v) is 8.78. The van der Waals surface area contributed by atoms with Gasteiger partial charge in [-0.2, -0.15) is 0 Å². The lowest BCUT2D eigenvalue weighted by Gasteiger charge is -2.35. The van der Waals surface area contributed by atoms with Crippen LogP contribution < -0.4 is 0 Å². The molecule has 19 heavy (non-hydrogen) atoms. The molecule has 2 unspecified atom stereocenters. The van der Waals surface area contributed by atoms with Crippen LogP contribution >= 0.6 is 0 Å². The average molecular weight is 273 g/mol. The van der Waals surface area contributed by atoms with Gasteiger partial charge >= 0.3 is 0 Å². The summed E-state index contributed by atoms with van der Waals surface area (Å²) in [5.41, 5.74) is 9.26. The van der Waals surface area contributed by atoms with E-state index >= 15 is 0 Å². The molecule has 1 heteroatoms. The molecule has 0 saturated heterocycles. The second kappa shape index (κ2) is 4.34. The first kappa shape index (κ1) is 14.6. The smallest absolute Gasteiger partial charge is 0.0529 e. The molecule has 0 aromatic heterocycles. The Kier molecular flexibility index (Phi) is 3.33. The van der Waals surface area contributed by atoms with Crippen molar-refractivity contribution in [2.75, 3.05) is 0 Å². The first-order valence-electron chi connectivity index (χ1n) is 7.36. The van der Waals surface area contributed by atoms with Gasteiger partial charge in [0.15, 0.2) is 0 Å². The van der Waals surface area contributed by atoms with Gasteiger partial charge in [-0.25, -0.2) is 0 Å². The lowest BCUT2D eigenvalue weighted by atomic mass is 10.0. The predicted molar refractivity (Wildman–Crippen MR) is 89.5 cm³/mol. The summed E-state index contributed by atoms with van der Waals surface area (Å²) in [5, 5.41) is 0.706. The highest BCUT2D eigenvalue weighted by molar-refractivity contribution is 6.48. The number of rotatable bonds is 2. The van der Waals surface area contributed by atoms with Crippen molar-refractivity contribution in [1.82, 2.24) is 0 Å². The minimum Gasteiger partial charge on any atom is -0.0747 e. The van der Waals surface area contributed by atoms with Gasteiger partial charge < -0.3 is 0 Å². The highest BCUT2D eigenvalue weighted by atomic mass is 28.2. The van der Waals surface area contributed by atoms with Crippen LogP contribution in [0.4, 0.5) is 0 Å². The van der Waals surface area contributed by atoms with E-state index in [2.05, 4.69) is 67.5 Å². The Balaban J connectivity index is 2.40. The van der Waals surface area contributed by atoms with Crippen molar-refractivity contribution in [3.8, 4) is 0 Å². The zero-order valence-electron chi connectivity index (χ0n) is 13.9. The standard InChI is InChI=1S/C18H28Si/c1-11-9-17(7,15(5)13(11)3)19-18(8)10-12(2)14(4)16(18)6/h9-10H,19H2,1-8H3. The van der Waals surface area contributed by atoms with Crippen LogP contribution in [0.2, 0.25) is 10.1 Å². The van der Waals surface area contributed by atoms with E-state index in [4.69, 9.17) is 0 Å². The van der Waals surface area contributed by atoms with Crippen molar-refractivity contribution in [2.45, 2.75) is 65.5 Å². The third-order valence-corrected chi connectivity index (χ3v) is 8.76. The fourth-order valence-corrected chi connectivity index (χ4v) is 7.37. The summed E-state index contributed by atoms with van der Waals surface area (Å²) in [4.78, 5) is 0. The summed E-state index contributed by atoms with van der Waals surface area (Å²) in [7, 11) is -0.319. The van der Waals surface area contributed by atoms with E-state index in [1.165, 1.54) is 22.3 Å². The third-order valence-electron chi connectivity index (χ3n) is 5.83.